The van der Waals surface area contributed by atoms with E-state index in [9.17, 15) is 0 Å². The Hall–Kier alpha value is -6.36. The molecule has 3 nitrogen and oxygen atoms in total. The van der Waals surface area contributed by atoms with Crippen molar-refractivity contribution in [3.63, 3.8) is 0 Å². The summed E-state index contributed by atoms with van der Waals surface area (Å²) in [5, 5.41) is 8.54. The molecule has 3 aromatic heterocycles. The number of nitrogens with zero attached hydrogens (tertiary/aromatic N) is 2. The van der Waals surface area contributed by atoms with Gasteiger partial charge in [0.15, 0.2) is 5.82 Å². The minimum absolute atomic E-state index is 0.732. The predicted octanol–water partition coefficient (Wildman–Crippen LogP) is 13.2. The van der Waals surface area contributed by atoms with Gasteiger partial charge in [-0.2, -0.15) is 0 Å². The van der Waals surface area contributed by atoms with E-state index < -0.39 is 0 Å². The monoisotopic (exact) mass is 654 g/mol. The lowest BCUT2D eigenvalue weighted by atomic mass is 9.91. The normalized spacial score (nSPS) is 12.0. The van der Waals surface area contributed by atoms with Gasteiger partial charge in [-0.05, 0) is 80.2 Å². The van der Waals surface area contributed by atoms with E-state index in [1.165, 1.54) is 53.5 Å². The second-order valence-electron chi connectivity index (χ2n) is 12.9. The number of rotatable bonds is 4. The summed E-state index contributed by atoms with van der Waals surface area (Å²) >= 11 is 1.76. The molecule has 50 heavy (non-hydrogen) atoms. The lowest BCUT2D eigenvalue weighted by Gasteiger charge is -2.12. The smallest absolute Gasteiger partial charge is 0.160 e. The third kappa shape index (κ3) is 4.09. The zero-order valence-electron chi connectivity index (χ0n) is 26.7. The van der Waals surface area contributed by atoms with Gasteiger partial charge in [-0.25, -0.2) is 9.97 Å². The molecule has 4 heteroatoms. The van der Waals surface area contributed by atoms with E-state index in [0.717, 1.165) is 55.2 Å². The van der Waals surface area contributed by atoms with Crippen LogP contribution in [0.15, 0.2) is 162 Å². The fraction of sp³-hybridized carbons (Fsp3) is 0. The van der Waals surface area contributed by atoms with E-state index in [1.807, 2.05) is 6.07 Å². The molecule has 0 saturated carbocycles. The van der Waals surface area contributed by atoms with Crippen molar-refractivity contribution >= 4 is 75.1 Å². The molecule has 0 amide bonds. The van der Waals surface area contributed by atoms with Crippen molar-refractivity contribution in [3.05, 3.63) is 158 Å². The fourth-order valence-corrected chi connectivity index (χ4v) is 8.88. The van der Waals surface area contributed by atoms with E-state index >= 15 is 0 Å². The zero-order chi connectivity index (χ0) is 32.8. The van der Waals surface area contributed by atoms with Crippen molar-refractivity contribution < 1.29 is 4.42 Å². The Balaban J connectivity index is 1.04. The molecule has 8 aromatic carbocycles. The maximum Gasteiger partial charge on any atom is 0.160 e. The summed E-state index contributed by atoms with van der Waals surface area (Å²) in [5.74, 6) is 0.732. The van der Waals surface area contributed by atoms with Gasteiger partial charge >= 0.3 is 0 Å². The van der Waals surface area contributed by atoms with E-state index in [4.69, 9.17) is 14.4 Å². The van der Waals surface area contributed by atoms with Gasteiger partial charge in [-0.15, -0.1) is 11.3 Å². The Morgan fingerprint density at radius 1 is 0.400 bits per heavy atom. The summed E-state index contributed by atoms with van der Waals surface area (Å²) in [6.07, 6.45) is 0. The van der Waals surface area contributed by atoms with E-state index in [-0.39, 0.29) is 0 Å². The van der Waals surface area contributed by atoms with Gasteiger partial charge in [0.2, 0.25) is 0 Å². The van der Waals surface area contributed by atoms with Crippen LogP contribution in [-0.2, 0) is 0 Å². The predicted molar refractivity (Wildman–Crippen MR) is 210 cm³/mol. The highest BCUT2D eigenvalue weighted by molar-refractivity contribution is 7.26. The number of furan rings is 1. The maximum absolute atomic E-state index is 6.26. The first-order valence-electron chi connectivity index (χ1n) is 16.8. The molecular formula is C46H26N2OS. The quantitative estimate of drug-likeness (QED) is 0.177. The molecule has 0 spiro atoms. The number of hydrogen-bond donors (Lipinski definition) is 0. The summed E-state index contributed by atoms with van der Waals surface area (Å²) in [6.45, 7) is 0. The first kappa shape index (κ1) is 27.6. The standard InChI is InChI=1S/C46H26N2OS/c1-2-10-27(11-3-1)43-45-44(36-16-4-5-21-40(36)50-45)48-46(47-43)32-15-7-14-30(25-32)28-12-6-13-29(24-28)31-22-23-33-34-17-8-19-38-41(34)42-35(37(33)26-31)18-9-20-39(42)49-38/h1-26H. The average molecular weight is 655 g/mol. The molecule has 0 unspecified atom stereocenters. The number of hydrogen-bond acceptors (Lipinski definition) is 4. The van der Waals surface area contributed by atoms with Crippen LogP contribution in [0.4, 0.5) is 0 Å². The van der Waals surface area contributed by atoms with Gasteiger partial charge in [-0.3, -0.25) is 0 Å². The summed E-state index contributed by atoms with van der Waals surface area (Å²) in [4.78, 5) is 10.4. The molecular weight excluding hydrogens is 629 g/mol. The number of aromatic nitrogens is 2. The van der Waals surface area contributed by atoms with Crippen LogP contribution >= 0.6 is 11.3 Å². The summed E-state index contributed by atoms with van der Waals surface area (Å²) < 4.78 is 8.60. The number of thiophene rings is 1. The van der Waals surface area contributed by atoms with Crippen LogP contribution in [0.2, 0.25) is 0 Å². The molecule has 0 bridgehead atoms. The lowest BCUT2D eigenvalue weighted by Crippen LogP contribution is -1.94. The molecule has 11 aromatic rings. The molecule has 0 radical (unpaired) electrons. The van der Waals surface area contributed by atoms with Crippen molar-refractivity contribution in [2.75, 3.05) is 0 Å². The number of fused-ring (bicyclic) bond motifs is 6. The zero-order valence-corrected chi connectivity index (χ0v) is 27.5. The molecule has 0 aliphatic carbocycles. The summed E-state index contributed by atoms with van der Waals surface area (Å²) in [6, 6.07) is 56.0. The molecule has 0 atom stereocenters. The third-order valence-electron chi connectivity index (χ3n) is 10.0. The van der Waals surface area contributed by atoms with Crippen molar-refractivity contribution in [2.24, 2.45) is 0 Å². The van der Waals surface area contributed by atoms with Crippen LogP contribution in [0, 0.1) is 0 Å². The first-order chi connectivity index (χ1) is 24.8. The Morgan fingerprint density at radius 2 is 0.980 bits per heavy atom. The highest BCUT2D eigenvalue weighted by Crippen LogP contribution is 2.44. The van der Waals surface area contributed by atoms with Crippen LogP contribution in [-0.4, -0.2) is 9.97 Å². The number of benzene rings is 8. The summed E-state index contributed by atoms with van der Waals surface area (Å²) in [5.41, 5.74) is 10.6. The summed E-state index contributed by atoms with van der Waals surface area (Å²) in [7, 11) is 0. The molecule has 0 N–H and O–H groups in total. The lowest BCUT2D eigenvalue weighted by molar-refractivity contribution is 0.669. The van der Waals surface area contributed by atoms with Gasteiger partial charge in [0.05, 0.1) is 15.9 Å². The van der Waals surface area contributed by atoms with Crippen LogP contribution in [0.1, 0.15) is 0 Å². The molecule has 232 valence electrons. The van der Waals surface area contributed by atoms with E-state index in [2.05, 4.69) is 152 Å². The highest BCUT2D eigenvalue weighted by atomic mass is 32.1. The molecule has 0 saturated heterocycles. The molecule has 0 aliphatic heterocycles. The Kier molecular flexibility index (Phi) is 5.83. The third-order valence-corrected chi connectivity index (χ3v) is 11.2. The van der Waals surface area contributed by atoms with Gasteiger partial charge < -0.3 is 4.42 Å². The molecule has 0 aliphatic rings. The second kappa shape index (κ2) is 10.6. The van der Waals surface area contributed by atoms with Crippen molar-refractivity contribution in [1.29, 1.82) is 0 Å². The minimum atomic E-state index is 0.732. The van der Waals surface area contributed by atoms with Gasteiger partial charge in [0, 0.05) is 32.0 Å². The van der Waals surface area contributed by atoms with Crippen LogP contribution in [0.5, 0.6) is 0 Å². The maximum atomic E-state index is 6.26. The minimum Gasteiger partial charge on any atom is -0.456 e. The second-order valence-corrected chi connectivity index (χ2v) is 14.0. The van der Waals surface area contributed by atoms with Crippen LogP contribution < -0.4 is 0 Å². The molecule has 3 heterocycles. The first-order valence-corrected chi connectivity index (χ1v) is 17.6. The van der Waals surface area contributed by atoms with Crippen LogP contribution in [0.25, 0.3) is 109 Å². The largest absolute Gasteiger partial charge is 0.456 e. The fourth-order valence-electron chi connectivity index (χ4n) is 7.72. The van der Waals surface area contributed by atoms with Gasteiger partial charge in [-0.1, -0.05) is 121 Å². The van der Waals surface area contributed by atoms with Gasteiger partial charge in [0.1, 0.15) is 11.2 Å². The van der Waals surface area contributed by atoms with Crippen LogP contribution in [0.3, 0.4) is 0 Å². The Bertz CT molecular complexity index is 3100. The van der Waals surface area contributed by atoms with Crippen molar-refractivity contribution in [3.8, 4) is 44.9 Å². The topological polar surface area (TPSA) is 38.9 Å². The van der Waals surface area contributed by atoms with E-state index in [1.54, 1.807) is 11.3 Å². The average Bonchev–Trinajstić information content (AvgIpc) is 3.76. The van der Waals surface area contributed by atoms with Crippen molar-refractivity contribution in [1.82, 2.24) is 9.97 Å². The molecule has 11 rings (SSSR count). The molecule has 0 fully saturated rings. The Morgan fingerprint density at radius 3 is 1.74 bits per heavy atom. The SMILES string of the molecule is c1ccc(-c2nc(-c3cccc(-c4cccc(-c5ccc6c(c5)c5cccc7oc8cccc6c8c75)c4)c3)nc3c2sc2ccccc23)cc1. The van der Waals surface area contributed by atoms with E-state index in [0.29, 0.717) is 0 Å². The Labute approximate surface area is 291 Å². The van der Waals surface area contributed by atoms with Crippen molar-refractivity contribution in [2.45, 2.75) is 0 Å². The van der Waals surface area contributed by atoms with Gasteiger partial charge in [0.25, 0.3) is 0 Å². The highest BCUT2D eigenvalue weighted by Gasteiger charge is 2.19.